The zero-order valence-corrected chi connectivity index (χ0v) is 12.3. The molecule has 1 amide bonds. The fourth-order valence-corrected chi connectivity index (χ4v) is 2.06. The Morgan fingerprint density at radius 2 is 2.14 bits per heavy atom. The molecule has 0 bridgehead atoms. The Bertz CT molecular complexity index is 608. The number of carbonyl (C=O) groups is 1. The minimum Gasteiger partial charge on any atom is -0.485 e. The van der Waals surface area contributed by atoms with Crippen molar-refractivity contribution in [2.24, 2.45) is 5.92 Å². The number of nitrogens with zero attached hydrogens (tertiary/aromatic N) is 2. The summed E-state index contributed by atoms with van der Waals surface area (Å²) < 4.78 is 10.7. The van der Waals surface area contributed by atoms with E-state index in [1.54, 1.807) is 0 Å². The van der Waals surface area contributed by atoms with Gasteiger partial charge in [-0.1, -0.05) is 23.4 Å². The summed E-state index contributed by atoms with van der Waals surface area (Å²) in [5.41, 5.74) is 0. The summed E-state index contributed by atoms with van der Waals surface area (Å²) >= 11 is 0. The number of nitrogens with one attached hydrogen (secondary N) is 1. The monoisotopic (exact) mass is 301 g/mol. The molecule has 3 rings (SSSR count). The fraction of sp³-hybridized carbons (Fsp3) is 0.438. The van der Waals surface area contributed by atoms with Gasteiger partial charge in [0.15, 0.2) is 6.61 Å². The van der Waals surface area contributed by atoms with Crippen LogP contribution in [0.15, 0.2) is 34.9 Å². The van der Waals surface area contributed by atoms with Crippen molar-refractivity contribution in [2.75, 3.05) is 6.54 Å². The summed E-state index contributed by atoms with van der Waals surface area (Å²) in [4.78, 5) is 15.7. The smallest absolute Gasteiger partial charge is 0.226 e. The van der Waals surface area contributed by atoms with E-state index in [2.05, 4.69) is 15.5 Å². The highest BCUT2D eigenvalue weighted by atomic mass is 16.5. The SMILES string of the molecule is O=C(NCCCc1nc(COc2ccccc2)no1)C1CC1. The predicted octanol–water partition coefficient (Wildman–Crippen LogP) is 2.11. The molecule has 0 saturated heterocycles. The van der Waals surface area contributed by atoms with Crippen molar-refractivity contribution in [3.63, 3.8) is 0 Å². The molecular formula is C16H19N3O3. The Hall–Kier alpha value is -2.37. The number of carbonyl (C=O) groups excluding carboxylic acids is 1. The van der Waals surface area contributed by atoms with Crippen LogP contribution in [0, 0.1) is 5.92 Å². The largest absolute Gasteiger partial charge is 0.485 e. The average molecular weight is 301 g/mol. The zero-order valence-electron chi connectivity index (χ0n) is 12.3. The lowest BCUT2D eigenvalue weighted by atomic mass is 10.3. The van der Waals surface area contributed by atoms with Crippen molar-refractivity contribution in [1.82, 2.24) is 15.5 Å². The van der Waals surface area contributed by atoms with Gasteiger partial charge in [-0.2, -0.15) is 4.98 Å². The first-order valence-corrected chi connectivity index (χ1v) is 7.58. The van der Waals surface area contributed by atoms with E-state index in [4.69, 9.17) is 9.26 Å². The van der Waals surface area contributed by atoms with Crippen LogP contribution in [0.25, 0.3) is 0 Å². The van der Waals surface area contributed by atoms with Gasteiger partial charge >= 0.3 is 0 Å². The van der Waals surface area contributed by atoms with E-state index >= 15 is 0 Å². The molecule has 1 saturated carbocycles. The van der Waals surface area contributed by atoms with Gasteiger partial charge in [0.1, 0.15) is 5.75 Å². The van der Waals surface area contributed by atoms with E-state index in [0.29, 0.717) is 24.7 Å². The van der Waals surface area contributed by atoms with Crippen LogP contribution in [0.2, 0.25) is 0 Å². The summed E-state index contributed by atoms with van der Waals surface area (Å²) in [7, 11) is 0. The lowest BCUT2D eigenvalue weighted by Crippen LogP contribution is -2.26. The van der Waals surface area contributed by atoms with Gasteiger partial charge in [0, 0.05) is 18.9 Å². The van der Waals surface area contributed by atoms with E-state index in [9.17, 15) is 4.79 Å². The Labute approximate surface area is 128 Å². The number of hydrogen-bond donors (Lipinski definition) is 1. The maximum atomic E-state index is 11.5. The fourth-order valence-electron chi connectivity index (χ4n) is 2.06. The molecule has 22 heavy (non-hydrogen) atoms. The maximum Gasteiger partial charge on any atom is 0.226 e. The van der Waals surface area contributed by atoms with Gasteiger partial charge in [0.05, 0.1) is 0 Å². The lowest BCUT2D eigenvalue weighted by molar-refractivity contribution is -0.122. The van der Waals surface area contributed by atoms with Crippen molar-refractivity contribution in [1.29, 1.82) is 0 Å². The molecule has 0 aliphatic heterocycles. The summed E-state index contributed by atoms with van der Waals surface area (Å²) in [6, 6.07) is 9.51. The zero-order chi connectivity index (χ0) is 15.2. The number of rotatable bonds is 8. The molecule has 116 valence electrons. The second-order valence-corrected chi connectivity index (χ2v) is 5.37. The highest BCUT2D eigenvalue weighted by molar-refractivity contribution is 5.80. The molecular weight excluding hydrogens is 282 g/mol. The van der Waals surface area contributed by atoms with E-state index < -0.39 is 0 Å². The highest BCUT2D eigenvalue weighted by Gasteiger charge is 2.28. The Morgan fingerprint density at radius 1 is 1.32 bits per heavy atom. The van der Waals surface area contributed by atoms with Crippen LogP contribution in [0.5, 0.6) is 5.75 Å². The molecule has 2 aromatic rings. The van der Waals surface area contributed by atoms with Crippen molar-refractivity contribution < 1.29 is 14.1 Å². The van der Waals surface area contributed by atoms with Gasteiger partial charge in [0.25, 0.3) is 0 Å². The summed E-state index contributed by atoms with van der Waals surface area (Å²) in [6.45, 7) is 0.930. The molecule has 6 nitrogen and oxygen atoms in total. The minimum atomic E-state index is 0.169. The van der Waals surface area contributed by atoms with Gasteiger partial charge < -0.3 is 14.6 Å². The van der Waals surface area contributed by atoms with Crippen LogP contribution in [-0.4, -0.2) is 22.6 Å². The summed E-state index contributed by atoms with van der Waals surface area (Å²) in [6.07, 6.45) is 3.50. The van der Waals surface area contributed by atoms with E-state index in [1.807, 2.05) is 30.3 Å². The molecule has 0 atom stereocenters. The van der Waals surface area contributed by atoms with Gasteiger partial charge in [-0.3, -0.25) is 4.79 Å². The number of amides is 1. The third-order valence-electron chi connectivity index (χ3n) is 3.44. The van der Waals surface area contributed by atoms with Gasteiger partial charge in [0.2, 0.25) is 17.6 Å². The lowest BCUT2D eigenvalue weighted by Gasteiger charge is -2.02. The first-order chi connectivity index (χ1) is 10.8. The van der Waals surface area contributed by atoms with Crippen LogP contribution in [-0.2, 0) is 17.8 Å². The van der Waals surface area contributed by atoms with E-state index in [1.165, 1.54) is 0 Å². The molecule has 0 radical (unpaired) electrons. The maximum absolute atomic E-state index is 11.5. The molecule has 0 unspecified atom stereocenters. The van der Waals surface area contributed by atoms with Gasteiger partial charge in [-0.25, -0.2) is 0 Å². The first kappa shape index (κ1) is 14.6. The number of hydrogen-bond acceptors (Lipinski definition) is 5. The second kappa shape index (κ2) is 7.06. The molecule has 1 aliphatic rings. The summed E-state index contributed by atoms with van der Waals surface area (Å²) in [5, 5.41) is 6.80. The number of para-hydroxylation sites is 1. The van der Waals surface area contributed by atoms with Crippen LogP contribution < -0.4 is 10.1 Å². The third-order valence-corrected chi connectivity index (χ3v) is 3.44. The Morgan fingerprint density at radius 3 is 2.91 bits per heavy atom. The van der Waals surface area contributed by atoms with Crippen LogP contribution in [0.1, 0.15) is 31.0 Å². The number of aryl methyl sites for hydroxylation is 1. The van der Waals surface area contributed by atoms with Crippen LogP contribution in [0.4, 0.5) is 0 Å². The Kier molecular flexibility index (Phi) is 4.68. The van der Waals surface area contributed by atoms with Crippen molar-refractivity contribution in [3.8, 4) is 5.75 Å². The molecule has 1 N–H and O–H groups in total. The minimum absolute atomic E-state index is 0.169. The summed E-state index contributed by atoms with van der Waals surface area (Å²) in [5.74, 6) is 2.30. The topological polar surface area (TPSA) is 77.2 Å². The molecule has 0 spiro atoms. The quantitative estimate of drug-likeness (QED) is 0.756. The third kappa shape index (κ3) is 4.31. The number of aromatic nitrogens is 2. The second-order valence-electron chi connectivity index (χ2n) is 5.37. The molecule has 1 aliphatic carbocycles. The molecule has 1 aromatic heterocycles. The Balaban J connectivity index is 1.36. The van der Waals surface area contributed by atoms with Gasteiger partial charge in [-0.05, 0) is 31.4 Å². The number of benzene rings is 1. The standard InChI is InChI=1S/C16H19N3O3/c20-16(12-8-9-12)17-10-4-7-15-18-14(19-22-15)11-21-13-5-2-1-3-6-13/h1-3,5-6,12H,4,7-11H2,(H,17,20). The molecule has 1 aromatic carbocycles. The van der Waals surface area contributed by atoms with Crippen molar-refractivity contribution >= 4 is 5.91 Å². The molecule has 6 heteroatoms. The predicted molar refractivity (Wildman–Crippen MR) is 79.1 cm³/mol. The van der Waals surface area contributed by atoms with Crippen molar-refractivity contribution in [2.45, 2.75) is 32.3 Å². The van der Waals surface area contributed by atoms with Crippen LogP contribution >= 0.6 is 0 Å². The van der Waals surface area contributed by atoms with Gasteiger partial charge in [-0.15, -0.1) is 0 Å². The van der Waals surface area contributed by atoms with E-state index in [0.717, 1.165) is 25.0 Å². The van der Waals surface area contributed by atoms with E-state index in [-0.39, 0.29) is 18.4 Å². The first-order valence-electron chi connectivity index (χ1n) is 7.58. The van der Waals surface area contributed by atoms with Crippen LogP contribution in [0.3, 0.4) is 0 Å². The van der Waals surface area contributed by atoms with Crippen molar-refractivity contribution in [3.05, 3.63) is 42.0 Å². The molecule has 1 heterocycles. The number of ether oxygens (including phenoxy) is 1. The highest BCUT2D eigenvalue weighted by Crippen LogP contribution is 2.28. The average Bonchev–Trinajstić information content (AvgIpc) is 3.31. The normalized spacial score (nSPS) is 13.8. The molecule has 1 fully saturated rings.